The molecule has 0 unspecified atom stereocenters. The SMILES string of the molecule is CCCCOC(=O)[C](C)(C)[Bi]([CH3])[CH3]. The topological polar surface area (TPSA) is 26.3 Å². The van der Waals surface area contributed by atoms with Crippen LogP contribution in [0.4, 0.5) is 0 Å². The molecule has 0 bridgehead atoms. The van der Waals surface area contributed by atoms with Crippen LogP contribution in [0.3, 0.4) is 0 Å². The number of carbonyl (C=O) groups is 1. The first-order chi connectivity index (χ1) is 5.92. The first-order valence-corrected chi connectivity index (χ1v) is 13.5. The summed E-state index contributed by atoms with van der Waals surface area (Å²) < 4.78 is 9.56. The Morgan fingerprint density at radius 3 is 2.31 bits per heavy atom. The van der Waals surface area contributed by atoms with Crippen LogP contribution in [-0.2, 0) is 9.53 Å². The molecule has 0 spiro atoms. The second-order valence-electron chi connectivity index (χ2n) is 3.94. The maximum absolute atomic E-state index is 11.6. The standard InChI is InChI=1S/C8H15O2.2CH3.Bi/c1-4-5-6-10-8(9)7(2)3;;;/h4-6H2,1-3H3;2*1H3;. The number of carbonyl (C=O) groups excluding carboxylic acids is 1. The molecular formula is C10H21BiO2. The fourth-order valence-corrected chi connectivity index (χ4v) is 2.34. The molecule has 2 nitrogen and oxygen atoms in total. The molecule has 0 heterocycles. The van der Waals surface area contributed by atoms with Gasteiger partial charge in [0.05, 0.1) is 0 Å². The summed E-state index contributed by atoms with van der Waals surface area (Å²) in [5, 5.41) is 0. The van der Waals surface area contributed by atoms with Crippen LogP contribution in [0.2, 0.25) is 12.4 Å². The molecule has 0 aliphatic heterocycles. The molecule has 78 valence electrons. The molecule has 0 rings (SSSR count). The van der Waals surface area contributed by atoms with Gasteiger partial charge >= 0.3 is 89.9 Å². The van der Waals surface area contributed by atoms with Crippen LogP contribution >= 0.6 is 0 Å². The van der Waals surface area contributed by atoms with Crippen molar-refractivity contribution in [2.45, 2.75) is 46.0 Å². The molecular weight excluding hydrogens is 361 g/mol. The average Bonchev–Trinajstić information content (AvgIpc) is 2.04. The molecule has 0 saturated carbocycles. The fraction of sp³-hybridized carbons (Fsp3) is 0.900. The molecule has 0 fully saturated rings. The van der Waals surface area contributed by atoms with E-state index in [0.29, 0.717) is 6.61 Å². The van der Waals surface area contributed by atoms with Crippen molar-refractivity contribution in [1.29, 1.82) is 0 Å². The van der Waals surface area contributed by atoms with Crippen molar-refractivity contribution in [1.82, 2.24) is 0 Å². The van der Waals surface area contributed by atoms with E-state index in [2.05, 4.69) is 16.2 Å². The Kier molecular flexibility index (Phi) is 6.12. The summed E-state index contributed by atoms with van der Waals surface area (Å²) in [7, 11) is 0. The second kappa shape index (κ2) is 5.95. The zero-order valence-electron chi connectivity index (χ0n) is 9.39. The molecule has 0 aromatic carbocycles. The van der Waals surface area contributed by atoms with Crippen LogP contribution in [0.5, 0.6) is 0 Å². The first kappa shape index (κ1) is 13.4. The molecule has 0 amide bonds. The Morgan fingerprint density at radius 1 is 1.38 bits per heavy atom. The van der Waals surface area contributed by atoms with E-state index in [-0.39, 0.29) is 9.09 Å². The number of unbranched alkanes of at least 4 members (excludes halogenated alkanes) is 1. The average molecular weight is 382 g/mol. The number of hydrogen-bond donors (Lipinski definition) is 0. The van der Waals surface area contributed by atoms with Gasteiger partial charge in [-0.05, 0) is 0 Å². The zero-order chi connectivity index (χ0) is 10.5. The number of esters is 1. The maximum atomic E-state index is 11.6. The van der Waals surface area contributed by atoms with Crippen molar-refractivity contribution in [3.63, 3.8) is 0 Å². The van der Waals surface area contributed by atoms with Crippen molar-refractivity contribution < 1.29 is 9.53 Å². The predicted molar refractivity (Wildman–Crippen MR) is 57.4 cm³/mol. The molecule has 0 atom stereocenters. The van der Waals surface area contributed by atoms with Gasteiger partial charge < -0.3 is 0 Å². The van der Waals surface area contributed by atoms with Crippen LogP contribution in [0.25, 0.3) is 0 Å². The van der Waals surface area contributed by atoms with Crippen LogP contribution in [-0.4, -0.2) is 34.3 Å². The third-order valence-electron chi connectivity index (χ3n) is 2.35. The van der Waals surface area contributed by atoms with E-state index in [1.807, 2.05) is 13.8 Å². The Balaban J connectivity index is 3.95. The van der Waals surface area contributed by atoms with Gasteiger partial charge in [-0.15, -0.1) is 0 Å². The summed E-state index contributed by atoms with van der Waals surface area (Å²) in [6.07, 6.45) is 2.06. The normalized spacial score (nSPS) is 11.8. The second-order valence-corrected chi connectivity index (χ2v) is 15.2. The van der Waals surface area contributed by atoms with Gasteiger partial charge in [0, 0.05) is 0 Å². The van der Waals surface area contributed by atoms with Gasteiger partial charge in [0.15, 0.2) is 0 Å². The third-order valence-corrected chi connectivity index (χ3v) is 11.8. The summed E-state index contributed by atoms with van der Waals surface area (Å²) >= 11 is -1.56. The van der Waals surface area contributed by atoms with Gasteiger partial charge in [-0.2, -0.15) is 0 Å². The Morgan fingerprint density at radius 2 is 1.92 bits per heavy atom. The van der Waals surface area contributed by atoms with Crippen LogP contribution in [0.15, 0.2) is 0 Å². The number of hydrogen-bond acceptors (Lipinski definition) is 2. The van der Waals surface area contributed by atoms with E-state index in [0.717, 1.165) is 12.8 Å². The Hall–Kier alpha value is 0.353. The predicted octanol–water partition coefficient (Wildman–Crippen LogP) is 2.86. The van der Waals surface area contributed by atoms with Crippen molar-refractivity contribution in [2.75, 3.05) is 6.61 Å². The molecule has 0 aromatic heterocycles. The molecule has 0 saturated heterocycles. The Bertz CT molecular complexity index is 164. The van der Waals surface area contributed by atoms with Crippen LogP contribution in [0, 0.1) is 0 Å². The molecule has 3 heteroatoms. The molecule has 0 aliphatic carbocycles. The van der Waals surface area contributed by atoms with Crippen molar-refractivity contribution in [2.24, 2.45) is 0 Å². The zero-order valence-corrected chi connectivity index (χ0v) is 12.9. The summed E-state index contributed by atoms with van der Waals surface area (Å²) in [5.74, 6) is 0.0173. The number of rotatable bonds is 5. The van der Waals surface area contributed by atoms with E-state index < -0.39 is 21.8 Å². The van der Waals surface area contributed by atoms with Gasteiger partial charge in [0.1, 0.15) is 0 Å². The summed E-state index contributed by atoms with van der Waals surface area (Å²) in [4.78, 5) is 11.6. The third kappa shape index (κ3) is 4.40. The van der Waals surface area contributed by atoms with Gasteiger partial charge in [-0.3, -0.25) is 0 Å². The van der Waals surface area contributed by atoms with Crippen LogP contribution < -0.4 is 0 Å². The molecule has 0 N–H and O–H groups in total. The van der Waals surface area contributed by atoms with E-state index in [1.165, 1.54) is 0 Å². The van der Waals surface area contributed by atoms with E-state index >= 15 is 0 Å². The van der Waals surface area contributed by atoms with Crippen molar-refractivity contribution >= 4 is 27.7 Å². The fourth-order valence-electron chi connectivity index (χ4n) is 0.668. The van der Waals surface area contributed by atoms with E-state index in [4.69, 9.17) is 4.74 Å². The quantitative estimate of drug-likeness (QED) is 0.415. The number of ether oxygens (including phenoxy) is 1. The van der Waals surface area contributed by atoms with Crippen molar-refractivity contribution in [3.8, 4) is 0 Å². The summed E-state index contributed by atoms with van der Waals surface area (Å²) in [5.41, 5.74) is 0. The molecule has 13 heavy (non-hydrogen) atoms. The molecule has 0 aliphatic rings. The van der Waals surface area contributed by atoms with Crippen molar-refractivity contribution in [3.05, 3.63) is 0 Å². The van der Waals surface area contributed by atoms with Gasteiger partial charge in [0.2, 0.25) is 0 Å². The minimum atomic E-state index is -1.56. The van der Waals surface area contributed by atoms with Gasteiger partial charge in [-0.25, -0.2) is 0 Å². The summed E-state index contributed by atoms with van der Waals surface area (Å²) in [6, 6.07) is 0. The van der Waals surface area contributed by atoms with E-state index in [9.17, 15) is 4.79 Å². The van der Waals surface area contributed by atoms with Gasteiger partial charge in [-0.1, -0.05) is 0 Å². The monoisotopic (exact) mass is 382 g/mol. The first-order valence-electron chi connectivity index (χ1n) is 4.77. The van der Waals surface area contributed by atoms with Crippen LogP contribution in [0.1, 0.15) is 33.6 Å². The van der Waals surface area contributed by atoms with E-state index in [1.54, 1.807) is 0 Å². The Labute approximate surface area is 89.7 Å². The molecule has 0 aromatic rings. The summed E-state index contributed by atoms with van der Waals surface area (Å²) in [6.45, 7) is 6.75. The van der Waals surface area contributed by atoms with Gasteiger partial charge in [0.25, 0.3) is 0 Å². The minimum absolute atomic E-state index is 0.0173. The molecule has 0 radical (unpaired) electrons.